The molecular formula is C16H18NO7S-. The second-order valence-electron chi connectivity index (χ2n) is 6.63. The normalized spacial score (nSPS) is 34.2. The third kappa shape index (κ3) is 3.70. The number of carbonyl (C=O) groups is 1. The van der Waals surface area contributed by atoms with Crippen LogP contribution in [-0.2, 0) is 28.9 Å². The van der Waals surface area contributed by atoms with Gasteiger partial charge in [-0.15, -0.1) is 0 Å². The fraction of sp³-hybridized carbons (Fsp3) is 0.562. The molecule has 3 saturated heterocycles. The Morgan fingerprint density at radius 3 is 2.48 bits per heavy atom. The summed E-state index contributed by atoms with van der Waals surface area (Å²) in [6.07, 6.45) is 1.49. The molecule has 3 aliphatic heterocycles. The first-order valence-corrected chi connectivity index (χ1v) is 9.51. The molecule has 0 aromatic heterocycles. The maximum Gasteiger partial charge on any atom is 0.316 e. The Kier molecular flexibility index (Phi) is 4.28. The van der Waals surface area contributed by atoms with Crippen molar-refractivity contribution in [2.24, 2.45) is 0 Å². The Morgan fingerprint density at radius 2 is 1.88 bits per heavy atom. The quantitative estimate of drug-likeness (QED) is 0.324. The van der Waals surface area contributed by atoms with Gasteiger partial charge in [0.15, 0.2) is 0 Å². The lowest BCUT2D eigenvalue weighted by molar-refractivity contribution is -0.154. The lowest BCUT2D eigenvalue weighted by Gasteiger charge is -2.31. The molecule has 3 fully saturated rings. The van der Waals surface area contributed by atoms with Crippen LogP contribution in [-0.4, -0.2) is 55.9 Å². The van der Waals surface area contributed by atoms with E-state index in [1.54, 1.807) is 30.3 Å². The highest BCUT2D eigenvalue weighted by atomic mass is 32.3. The van der Waals surface area contributed by atoms with Gasteiger partial charge < -0.3 is 19.3 Å². The summed E-state index contributed by atoms with van der Waals surface area (Å²) in [6, 6.07) is 8.93. The van der Waals surface area contributed by atoms with Gasteiger partial charge in [0, 0.05) is 24.9 Å². The number of benzene rings is 1. The zero-order chi connectivity index (χ0) is 17.6. The first kappa shape index (κ1) is 16.9. The summed E-state index contributed by atoms with van der Waals surface area (Å²) in [6.45, 7) is -0.569. The third-order valence-electron chi connectivity index (χ3n) is 4.96. The average Bonchev–Trinajstić information content (AvgIpc) is 3.31. The predicted octanol–water partition coefficient (Wildman–Crippen LogP) is 0.0604. The molecule has 2 unspecified atom stereocenters. The van der Waals surface area contributed by atoms with Crippen LogP contribution in [0.4, 0.5) is 0 Å². The zero-order valence-electron chi connectivity index (χ0n) is 13.2. The predicted molar refractivity (Wildman–Crippen MR) is 83.3 cm³/mol. The number of morpholine rings is 1. The molecule has 0 aliphatic carbocycles. The molecule has 0 spiro atoms. The van der Waals surface area contributed by atoms with E-state index in [9.17, 15) is 17.8 Å². The van der Waals surface area contributed by atoms with E-state index in [0.29, 0.717) is 18.4 Å². The van der Waals surface area contributed by atoms with Crippen molar-refractivity contribution in [1.82, 2.24) is 5.32 Å². The Morgan fingerprint density at radius 1 is 1.24 bits per heavy atom. The Bertz CT molecular complexity index is 737. The van der Waals surface area contributed by atoms with Crippen LogP contribution in [0.25, 0.3) is 0 Å². The monoisotopic (exact) mass is 368 g/mol. The van der Waals surface area contributed by atoms with Gasteiger partial charge >= 0.3 is 5.97 Å². The molecule has 0 saturated carbocycles. The number of piperidine rings is 1. The number of rotatable bonds is 6. The molecular weight excluding hydrogens is 350 g/mol. The summed E-state index contributed by atoms with van der Waals surface area (Å²) < 4.78 is 47.8. The van der Waals surface area contributed by atoms with E-state index < -0.39 is 28.9 Å². The van der Waals surface area contributed by atoms with E-state index in [1.165, 1.54) is 0 Å². The number of fused-ring (bicyclic) bond motifs is 5. The summed E-state index contributed by atoms with van der Waals surface area (Å²) in [7, 11) is -4.89. The van der Waals surface area contributed by atoms with Crippen molar-refractivity contribution < 1.29 is 31.4 Å². The molecule has 3 aliphatic rings. The van der Waals surface area contributed by atoms with Crippen molar-refractivity contribution in [2.75, 3.05) is 6.61 Å². The van der Waals surface area contributed by atoms with Crippen molar-refractivity contribution >= 4 is 16.4 Å². The Balaban J connectivity index is 1.44. The van der Waals surface area contributed by atoms with Gasteiger partial charge in [0.2, 0.25) is 10.4 Å². The molecule has 3 heterocycles. The molecule has 0 amide bonds. The van der Waals surface area contributed by atoms with Crippen LogP contribution in [0.3, 0.4) is 0 Å². The summed E-state index contributed by atoms with van der Waals surface area (Å²) in [5.74, 6) is -1.56. The van der Waals surface area contributed by atoms with Gasteiger partial charge in [-0.25, -0.2) is 8.42 Å². The number of hydrogen-bond donors (Lipinski definition) is 1. The number of nitrogens with one attached hydrogen (secondary N) is 1. The minimum Gasteiger partial charge on any atom is -0.726 e. The summed E-state index contributed by atoms with van der Waals surface area (Å²) >= 11 is 0. The van der Waals surface area contributed by atoms with Gasteiger partial charge in [0.1, 0.15) is 24.2 Å². The van der Waals surface area contributed by atoms with E-state index >= 15 is 0 Å². The molecule has 25 heavy (non-hydrogen) atoms. The molecule has 6 atom stereocenters. The molecule has 8 nitrogen and oxygen atoms in total. The minimum absolute atomic E-state index is 0.190. The largest absolute Gasteiger partial charge is 0.726 e. The second kappa shape index (κ2) is 6.33. The van der Waals surface area contributed by atoms with Crippen molar-refractivity contribution in [1.29, 1.82) is 0 Å². The number of hydrogen-bond acceptors (Lipinski definition) is 8. The van der Waals surface area contributed by atoms with Crippen LogP contribution < -0.4 is 5.32 Å². The van der Waals surface area contributed by atoms with E-state index in [1.807, 2.05) is 0 Å². The molecule has 1 N–H and O–H groups in total. The zero-order valence-corrected chi connectivity index (χ0v) is 14.1. The standard InChI is InChI=1S/C16H19NO7S/c18-16(23-10-6-12-14-15(24-14)13(7-10)17-12)11(8-22-25(19,20)21)9-4-2-1-3-5-9/h1-5,10-15,17H,6-8H2,(H,19,20,21)/p-1/t10?,11?,12-,13+,14-,15+. The van der Waals surface area contributed by atoms with Gasteiger partial charge in [0.25, 0.3) is 0 Å². The molecule has 0 radical (unpaired) electrons. The fourth-order valence-corrected chi connectivity index (χ4v) is 4.10. The van der Waals surface area contributed by atoms with Crippen molar-refractivity contribution in [2.45, 2.75) is 49.2 Å². The van der Waals surface area contributed by atoms with Crippen LogP contribution in [0, 0.1) is 0 Å². The lowest BCUT2D eigenvalue weighted by atomic mass is 9.98. The summed E-state index contributed by atoms with van der Waals surface area (Å²) in [5.41, 5.74) is 0.541. The Labute approximate surface area is 145 Å². The van der Waals surface area contributed by atoms with E-state index in [4.69, 9.17) is 9.47 Å². The molecule has 1 aromatic rings. The first-order chi connectivity index (χ1) is 11.9. The summed E-state index contributed by atoms with van der Waals surface area (Å²) in [4.78, 5) is 12.6. The van der Waals surface area contributed by atoms with Crippen molar-refractivity contribution in [3.05, 3.63) is 35.9 Å². The molecule has 9 heteroatoms. The lowest BCUT2D eigenvalue weighted by Crippen LogP contribution is -2.47. The topological polar surface area (TPSA) is 117 Å². The fourth-order valence-electron chi connectivity index (χ4n) is 3.80. The first-order valence-electron chi connectivity index (χ1n) is 8.18. The van der Waals surface area contributed by atoms with E-state index in [0.717, 1.165) is 0 Å². The maximum absolute atomic E-state index is 12.6. The highest BCUT2D eigenvalue weighted by Crippen LogP contribution is 2.43. The molecule has 1 aromatic carbocycles. The van der Waals surface area contributed by atoms with Gasteiger partial charge in [-0.3, -0.25) is 8.98 Å². The SMILES string of the molecule is O=C(OC1C[C@@H]2N[C@H](C1)[C@H]1O[C@H]12)C(COS(=O)(=O)[O-])c1ccccc1. The van der Waals surface area contributed by atoms with Gasteiger partial charge in [-0.1, -0.05) is 30.3 Å². The van der Waals surface area contributed by atoms with Crippen LogP contribution in [0.1, 0.15) is 24.3 Å². The summed E-state index contributed by atoms with van der Waals surface area (Å²) in [5, 5.41) is 3.44. The minimum atomic E-state index is -4.89. The van der Waals surface area contributed by atoms with E-state index in [2.05, 4.69) is 9.50 Å². The third-order valence-corrected chi connectivity index (χ3v) is 5.39. The van der Waals surface area contributed by atoms with Gasteiger partial charge in [-0.05, 0) is 5.56 Å². The van der Waals surface area contributed by atoms with Crippen molar-refractivity contribution in [3.63, 3.8) is 0 Å². The number of epoxide rings is 1. The molecule has 136 valence electrons. The molecule has 4 rings (SSSR count). The van der Waals surface area contributed by atoms with Crippen LogP contribution in [0.2, 0.25) is 0 Å². The van der Waals surface area contributed by atoms with Crippen LogP contribution >= 0.6 is 0 Å². The maximum atomic E-state index is 12.6. The number of carbonyl (C=O) groups excluding carboxylic acids is 1. The van der Waals surface area contributed by atoms with Crippen molar-refractivity contribution in [3.8, 4) is 0 Å². The number of ether oxygens (including phenoxy) is 2. The van der Waals surface area contributed by atoms with Crippen LogP contribution in [0.5, 0.6) is 0 Å². The molecule has 2 bridgehead atoms. The average molecular weight is 368 g/mol. The Hall–Kier alpha value is -1.52. The van der Waals surface area contributed by atoms with Gasteiger partial charge in [0.05, 0.1) is 6.61 Å². The number of esters is 1. The van der Waals surface area contributed by atoms with Gasteiger partial charge in [-0.2, -0.15) is 0 Å². The van der Waals surface area contributed by atoms with E-state index in [-0.39, 0.29) is 30.4 Å². The smallest absolute Gasteiger partial charge is 0.316 e. The van der Waals surface area contributed by atoms with Crippen LogP contribution in [0.15, 0.2) is 30.3 Å². The highest BCUT2D eigenvalue weighted by molar-refractivity contribution is 7.80. The second-order valence-corrected chi connectivity index (χ2v) is 7.68. The highest BCUT2D eigenvalue weighted by Gasteiger charge is 2.59.